The molecule has 0 aliphatic carbocycles. The summed E-state index contributed by atoms with van der Waals surface area (Å²) in [4.78, 5) is 7.70. The second kappa shape index (κ2) is 2.10. The van der Waals surface area contributed by atoms with Gasteiger partial charge < -0.3 is 5.73 Å². The zero-order chi connectivity index (χ0) is 7.84. The van der Waals surface area contributed by atoms with Gasteiger partial charge in [0.25, 0.3) is 0 Å². The molecule has 0 radical (unpaired) electrons. The predicted molar refractivity (Wildman–Crippen MR) is 42.4 cm³/mol. The SMILES string of the molecule is Nc1nc(Cl)nc2cccn12. The van der Waals surface area contributed by atoms with E-state index in [1.54, 1.807) is 10.6 Å². The highest BCUT2D eigenvalue weighted by Gasteiger charge is 1.99. The maximum Gasteiger partial charge on any atom is 0.227 e. The number of rotatable bonds is 0. The number of aromatic nitrogens is 3. The van der Waals surface area contributed by atoms with Gasteiger partial charge in [-0.1, -0.05) is 0 Å². The molecular formula is C6H5ClN4. The van der Waals surface area contributed by atoms with Crippen LogP contribution in [0.2, 0.25) is 5.28 Å². The van der Waals surface area contributed by atoms with Gasteiger partial charge in [0, 0.05) is 6.20 Å². The molecule has 2 aromatic rings. The van der Waals surface area contributed by atoms with Crippen molar-refractivity contribution < 1.29 is 0 Å². The van der Waals surface area contributed by atoms with Gasteiger partial charge in [-0.2, -0.15) is 9.97 Å². The third-order valence-electron chi connectivity index (χ3n) is 1.39. The van der Waals surface area contributed by atoms with Crippen molar-refractivity contribution in [2.45, 2.75) is 0 Å². The molecule has 56 valence electrons. The molecule has 2 rings (SSSR count). The highest BCUT2D eigenvalue weighted by Crippen LogP contribution is 2.09. The molecule has 0 aliphatic heterocycles. The fourth-order valence-corrected chi connectivity index (χ4v) is 1.10. The third kappa shape index (κ3) is 0.914. The Bertz CT molecular complexity index is 394. The molecule has 0 saturated carbocycles. The third-order valence-corrected chi connectivity index (χ3v) is 1.56. The predicted octanol–water partition coefficient (Wildman–Crippen LogP) is 0.965. The molecule has 0 fully saturated rings. The van der Waals surface area contributed by atoms with Crippen LogP contribution in [-0.4, -0.2) is 14.4 Å². The van der Waals surface area contributed by atoms with Gasteiger partial charge in [-0.05, 0) is 23.7 Å². The highest BCUT2D eigenvalue weighted by molar-refractivity contribution is 6.28. The number of nitrogens with two attached hydrogens (primary N) is 1. The highest BCUT2D eigenvalue weighted by atomic mass is 35.5. The topological polar surface area (TPSA) is 56.2 Å². The maximum atomic E-state index is 5.57. The van der Waals surface area contributed by atoms with E-state index in [-0.39, 0.29) is 5.28 Å². The molecular weight excluding hydrogens is 164 g/mol. The summed E-state index contributed by atoms with van der Waals surface area (Å²) < 4.78 is 1.66. The van der Waals surface area contributed by atoms with Crippen LogP contribution in [0.25, 0.3) is 5.65 Å². The van der Waals surface area contributed by atoms with Crippen molar-refractivity contribution in [3.05, 3.63) is 23.6 Å². The molecule has 0 aromatic carbocycles. The smallest absolute Gasteiger partial charge is 0.227 e. The standard InChI is InChI=1S/C6H5ClN4/c7-5-9-4-2-1-3-11(4)6(8)10-5/h1-3H,(H2,8,9,10). The molecule has 2 aromatic heterocycles. The van der Waals surface area contributed by atoms with Crippen LogP contribution in [0.15, 0.2) is 18.3 Å². The number of hydrogen-bond donors (Lipinski definition) is 1. The number of nitrogens with zero attached hydrogens (tertiary/aromatic N) is 3. The van der Waals surface area contributed by atoms with Crippen LogP contribution in [0, 0.1) is 0 Å². The van der Waals surface area contributed by atoms with Crippen LogP contribution in [-0.2, 0) is 0 Å². The monoisotopic (exact) mass is 168 g/mol. The molecule has 2 heterocycles. The van der Waals surface area contributed by atoms with Crippen molar-refractivity contribution in [1.29, 1.82) is 0 Å². The first kappa shape index (κ1) is 6.42. The Morgan fingerprint density at radius 3 is 3.09 bits per heavy atom. The minimum Gasteiger partial charge on any atom is -0.369 e. The maximum absolute atomic E-state index is 5.57. The number of fused-ring (bicyclic) bond motifs is 1. The zero-order valence-electron chi connectivity index (χ0n) is 5.53. The Kier molecular flexibility index (Phi) is 1.22. The lowest BCUT2D eigenvalue weighted by molar-refractivity contribution is 1.04. The molecule has 0 aliphatic rings. The van der Waals surface area contributed by atoms with E-state index in [1.807, 2.05) is 12.1 Å². The van der Waals surface area contributed by atoms with Crippen LogP contribution < -0.4 is 5.73 Å². The zero-order valence-corrected chi connectivity index (χ0v) is 6.28. The van der Waals surface area contributed by atoms with E-state index >= 15 is 0 Å². The lowest BCUT2D eigenvalue weighted by Crippen LogP contribution is -2.00. The number of anilines is 1. The molecule has 2 N–H and O–H groups in total. The Labute approximate surface area is 67.6 Å². The lowest BCUT2D eigenvalue weighted by atomic mass is 10.6. The molecule has 0 spiro atoms. The van der Waals surface area contributed by atoms with E-state index in [2.05, 4.69) is 9.97 Å². The summed E-state index contributed by atoms with van der Waals surface area (Å²) in [6.07, 6.45) is 1.78. The van der Waals surface area contributed by atoms with Gasteiger partial charge in [-0.15, -0.1) is 0 Å². The Morgan fingerprint density at radius 2 is 2.27 bits per heavy atom. The average molecular weight is 169 g/mol. The van der Waals surface area contributed by atoms with Gasteiger partial charge in [0.1, 0.15) is 5.65 Å². The molecule has 0 atom stereocenters. The minimum atomic E-state index is 0.175. The summed E-state index contributed by atoms with van der Waals surface area (Å²) in [5.41, 5.74) is 6.24. The number of hydrogen-bond acceptors (Lipinski definition) is 3. The number of halogens is 1. The van der Waals surface area contributed by atoms with Gasteiger partial charge >= 0.3 is 0 Å². The molecule has 11 heavy (non-hydrogen) atoms. The second-order valence-electron chi connectivity index (χ2n) is 2.09. The summed E-state index contributed by atoms with van der Waals surface area (Å²) in [6.45, 7) is 0. The summed E-state index contributed by atoms with van der Waals surface area (Å²) in [5.74, 6) is 0.352. The summed E-state index contributed by atoms with van der Waals surface area (Å²) >= 11 is 5.57. The summed E-state index contributed by atoms with van der Waals surface area (Å²) in [6, 6.07) is 3.64. The van der Waals surface area contributed by atoms with Crippen LogP contribution in [0.4, 0.5) is 5.95 Å². The fraction of sp³-hybridized carbons (Fsp3) is 0. The van der Waals surface area contributed by atoms with Crippen LogP contribution in [0.1, 0.15) is 0 Å². The first-order chi connectivity index (χ1) is 5.27. The first-order valence-corrected chi connectivity index (χ1v) is 3.41. The normalized spacial score (nSPS) is 10.6. The van der Waals surface area contributed by atoms with Crippen molar-refractivity contribution in [3.8, 4) is 0 Å². The Morgan fingerprint density at radius 1 is 1.45 bits per heavy atom. The largest absolute Gasteiger partial charge is 0.369 e. The Hall–Kier alpha value is -1.29. The molecule has 4 nitrogen and oxygen atoms in total. The van der Waals surface area contributed by atoms with Crippen molar-refractivity contribution in [1.82, 2.24) is 14.4 Å². The van der Waals surface area contributed by atoms with E-state index in [0.717, 1.165) is 0 Å². The lowest BCUT2D eigenvalue weighted by Gasteiger charge is -1.97. The fourth-order valence-electron chi connectivity index (χ4n) is 0.925. The summed E-state index contributed by atoms with van der Waals surface area (Å²) in [5, 5.41) is 0.175. The summed E-state index contributed by atoms with van der Waals surface area (Å²) in [7, 11) is 0. The van der Waals surface area contributed by atoms with Gasteiger partial charge in [0.2, 0.25) is 11.2 Å². The van der Waals surface area contributed by atoms with E-state index in [9.17, 15) is 0 Å². The molecule has 5 heteroatoms. The van der Waals surface area contributed by atoms with Crippen LogP contribution >= 0.6 is 11.6 Å². The van der Waals surface area contributed by atoms with Gasteiger partial charge in [0.15, 0.2) is 0 Å². The van der Waals surface area contributed by atoms with Crippen molar-refractivity contribution in [3.63, 3.8) is 0 Å². The van der Waals surface area contributed by atoms with E-state index in [0.29, 0.717) is 11.6 Å². The van der Waals surface area contributed by atoms with Crippen molar-refractivity contribution >= 4 is 23.2 Å². The van der Waals surface area contributed by atoms with Gasteiger partial charge in [0.05, 0.1) is 0 Å². The van der Waals surface area contributed by atoms with E-state index in [1.165, 1.54) is 0 Å². The van der Waals surface area contributed by atoms with Crippen LogP contribution in [0.5, 0.6) is 0 Å². The Balaban J connectivity index is 2.91. The molecule has 0 bridgehead atoms. The molecule has 0 saturated heterocycles. The first-order valence-electron chi connectivity index (χ1n) is 3.03. The second-order valence-corrected chi connectivity index (χ2v) is 2.43. The van der Waals surface area contributed by atoms with Gasteiger partial charge in [-0.3, -0.25) is 4.40 Å². The van der Waals surface area contributed by atoms with Crippen LogP contribution in [0.3, 0.4) is 0 Å². The molecule has 0 amide bonds. The van der Waals surface area contributed by atoms with Crippen molar-refractivity contribution in [2.24, 2.45) is 0 Å². The van der Waals surface area contributed by atoms with Crippen molar-refractivity contribution in [2.75, 3.05) is 5.73 Å². The average Bonchev–Trinajstić information content (AvgIpc) is 2.34. The molecule has 0 unspecified atom stereocenters. The minimum absolute atomic E-state index is 0.175. The van der Waals surface area contributed by atoms with E-state index in [4.69, 9.17) is 17.3 Å². The quantitative estimate of drug-likeness (QED) is 0.638. The van der Waals surface area contributed by atoms with E-state index < -0.39 is 0 Å². The van der Waals surface area contributed by atoms with Gasteiger partial charge in [-0.25, -0.2) is 0 Å². The number of nitrogen functional groups attached to an aromatic ring is 1.